The monoisotopic (exact) mass is 366 g/mol. The fourth-order valence-electron chi connectivity index (χ4n) is 5.21. The zero-order chi connectivity index (χ0) is 19.2. The van der Waals surface area contributed by atoms with Gasteiger partial charge in [-0.15, -0.1) is 0 Å². The van der Waals surface area contributed by atoms with Crippen LogP contribution in [0.2, 0.25) is 0 Å². The number of hydrogen-bond donors (Lipinski definition) is 0. The van der Waals surface area contributed by atoms with Crippen LogP contribution in [0.15, 0.2) is 51.7 Å². The second kappa shape index (κ2) is 6.66. The highest BCUT2D eigenvalue weighted by Gasteiger charge is 2.51. The van der Waals surface area contributed by atoms with Crippen molar-refractivity contribution < 1.29 is 13.9 Å². The van der Waals surface area contributed by atoms with Crippen molar-refractivity contribution in [2.24, 2.45) is 23.2 Å². The molecule has 1 heterocycles. The highest BCUT2D eigenvalue weighted by Crippen LogP contribution is 2.55. The normalized spacial score (nSPS) is 31.0. The Morgan fingerprint density at radius 3 is 2.81 bits per heavy atom. The van der Waals surface area contributed by atoms with Crippen molar-refractivity contribution in [3.8, 4) is 5.75 Å². The molecule has 0 spiro atoms. The molecule has 0 bridgehead atoms. The number of Topliss-reactive ketones (excluding diaryl/α,β-unsaturated/α-hetero) is 1. The molecule has 0 unspecified atom stereocenters. The van der Waals surface area contributed by atoms with E-state index < -0.39 is 0 Å². The molecular weight excluding hydrogens is 340 g/mol. The van der Waals surface area contributed by atoms with Crippen LogP contribution in [0.1, 0.15) is 39.5 Å². The topological polar surface area (TPSA) is 56.5 Å². The Morgan fingerprint density at radius 1 is 1.22 bits per heavy atom. The second-order valence-corrected chi connectivity index (χ2v) is 8.38. The van der Waals surface area contributed by atoms with E-state index in [1.54, 1.807) is 12.1 Å². The summed E-state index contributed by atoms with van der Waals surface area (Å²) in [5.41, 5.74) is 1.44. The molecule has 1 aromatic carbocycles. The van der Waals surface area contributed by atoms with Crippen LogP contribution in [0, 0.1) is 23.2 Å². The lowest BCUT2D eigenvalue weighted by molar-refractivity contribution is -0.134. The Kier molecular flexibility index (Phi) is 4.45. The van der Waals surface area contributed by atoms with E-state index in [1.807, 2.05) is 12.1 Å². The van der Waals surface area contributed by atoms with Crippen molar-refractivity contribution >= 4 is 16.8 Å². The van der Waals surface area contributed by atoms with Gasteiger partial charge in [-0.3, -0.25) is 4.79 Å². The number of hydrogen-bond acceptors (Lipinski definition) is 4. The fourth-order valence-corrected chi connectivity index (χ4v) is 5.21. The number of carbonyl (C=O) groups excluding carboxylic acids is 1. The molecule has 0 N–H and O–H groups in total. The van der Waals surface area contributed by atoms with Gasteiger partial charge in [0.25, 0.3) is 0 Å². The molecule has 4 rings (SSSR count). The minimum absolute atomic E-state index is 0.0477. The Balaban J connectivity index is 1.56. The average molecular weight is 366 g/mol. The Bertz CT molecular complexity index is 956. The first kappa shape index (κ1) is 18.0. The Hall–Kier alpha value is -2.36. The van der Waals surface area contributed by atoms with Gasteiger partial charge >= 0.3 is 5.63 Å². The van der Waals surface area contributed by atoms with Crippen LogP contribution < -0.4 is 10.4 Å². The number of ketones is 1. The molecule has 0 amide bonds. The summed E-state index contributed by atoms with van der Waals surface area (Å²) in [6.45, 7) is 9.25. The third kappa shape index (κ3) is 3.11. The first-order chi connectivity index (χ1) is 12.9. The van der Waals surface area contributed by atoms with Crippen molar-refractivity contribution in [3.63, 3.8) is 0 Å². The predicted octanol–water partition coefficient (Wildman–Crippen LogP) is 4.76. The molecule has 2 aliphatic carbocycles. The third-order valence-electron chi connectivity index (χ3n) is 6.95. The average Bonchev–Trinajstić information content (AvgIpc) is 2.64. The van der Waals surface area contributed by atoms with E-state index in [2.05, 4.69) is 20.4 Å². The minimum atomic E-state index is -0.364. The van der Waals surface area contributed by atoms with Gasteiger partial charge in [0, 0.05) is 35.8 Å². The first-order valence-corrected chi connectivity index (χ1v) is 9.75. The van der Waals surface area contributed by atoms with E-state index >= 15 is 0 Å². The highest BCUT2D eigenvalue weighted by atomic mass is 16.5. The zero-order valence-corrected chi connectivity index (χ0v) is 16.0. The lowest BCUT2D eigenvalue weighted by Gasteiger charge is -2.53. The molecular formula is C23H26O4. The summed E-state index contributed by atoms with van der Waals surface area (Å²) < 4.78 is 11.4. The summed E-state index contributed by atoms with van der Waals surface area (Å²) in [6, 6.07) is 8.74. The van der Waals surface area contributed by atoms with Crippen LogP contribution in [0.4, 0.5) is 0 Å². The summed E-state index contributed by atoms with van der Waals surface area (Å²) in [5, 5.41) is 0.871. The number of ether oxygens (including phenoxy) is 1. The standard InChI is InChI=1S/C23H26O4/c1-14-4-8-18-15(2)20(24)10-11-23(18,3)19(14)13-26-17-7-5-16-6-9-22(25)27-21(16)12-17/h5-7,9,12,15,18-19H,1,4,8,10-11,13H2,2-3H3/t15-,18-,19+,23+/m1/s1. The van der Waals surface area contributed by atoms with E-state index in [4.69, 9.17) is 9.15 Å². The lowest BCUT2D eigenvalue weighted by atomic mass is 9.51. The van der Waals surface area contributed by atoms with E-state index in [-0.39, 0.29) is 22.9 Å². The summed E-state index contributed by atoms with van der Waals surface area (Å²) in [4.78, 5) is 23.7. The van der Waals surface area contributed by atoms with Gasteiger partial charge in [0.05, 0.1) is 6.61 Å². The molecule has 0 radical (unpaired) electrons. The number of fused-ring (bicyclic) bond motifs is 2. The van der Waals surface area contributed by atoms with Crippen molar-refractivity contribution in [1.29, 1.82) is 0 Å². The molecule has 4 atom stereocenters. The molecule has 2 saturated carbocycles. The van der Waals surface area contributed by atoms with Crippen molar-refractivity contribution in [1.82, 2.24) is 0 Å². The van der Waals surface area contributed by atoms with Crippen LogP contribution in [0.5, 0.6) is 5.75 Å². The quantitative estimate of drug-likeness (QED) is 0.580. The Morgan fingerprint density at radius 2 is 2.00 bits per heavy atom. The van der Waals surface area contributed by atoms with Gasteiger partial charge < -0.3 is 9.15 Å². The van der Waals surface area contributed by atoms with Gasteiger partial charge in [-0.05, 0) is 48.8 Å². The van der Waals surface area contributed by atoms with Crippen LogP contribution in [-0.4, -0.2) is 12.4 Å². The maximum atomic E-state index is 12.2. The maximum Gasteiger partial charge on any atom is 0.336 e. The van der Waals surface area contributed by atoms with Crippen molar-refractivity contribution in [2.75, 3.05) is 6.61 Å². The lowest BCUT2D eigenvalue weighted by Crippen LogP contribution is -2.49. The molecule has 2 aromatic rings. The summed E-state index contributed by atoms with van der Waals surface area (Å²) >= 11 is 0. The van der Waals surface area contributed by atoms with Crippen LogP contribution in [0.3, 0.4) is 0 Å². The molecule has 0 aliphatic heterocycles. The number of benzene rings is 1. The van der Waals surface area contributed by atoms with Crippen molar-refractivity contribution in [2.45, 2.75) is 39.5 Å². The van der Waals surface area contributed by atoms with Crippen LogP contribution in [-0.2, 0) is 4.79 Å². The van der Waals surface area contributed by atoms with Gasteiger partial charge in [0.2, 0.25) is 0 Å². The van der Waals surface area contributed by atoms with Gasteiger partial charge in [-0.1, -0.05) is 26.0 Å². The fraction of sp³-hybridized carbons (Fsp3) is 0.478. The van der Waals surface area contributed by atoms with Crippen molar-refractivity contribution in [3.05, 3.63) is 52.9 Å². The first-order valence-electron chi connectivity index (χ1n) is 9.75. The number of carbonyl (C=O) groups is 1. The molecule has 2 fully saturated rings. The second-order valence-electron chi connectivity index (χ2n) is 8.38. The maximum absolute atomic E-state index is 12.2. The van der Waals surface area contributed by atoms with Gasteiger partial charge in [0.15, 0.2) is 0 Å². The van der Waals surface area contributed by atoms with Crippen LogP contribution >= 0.6 is 0 Å². The largest absolute Gasteiger partial charge is 0.493 e. The molecule has 142 valence electrons. The summed E-state index contributed by atoms with van der Waals surface area (Å²) in [7, 11) is 0. The van der Waals surface area contributed by atoms with Gasteiger partial charge in [-0.2, -0.15) is 0 Å². The zero-order valence-electron chi connectivity index (χ0n) is 16.0. The van der Waals surface area contributed by atoms with Gasteiger partial charge in [0.1, 0.15) is 17.1 Å². The minimum Gasteiger partial charge on any atom is -0.493 e. The van der Waals surface area contributed by atoms with E-state index in [0.29, 0.717) is 36.1 Å². The van der Waals surface area contributed by atoms with E-state index in [9.17, 15) is 9.59 Å². The Labute approximate surface area is 159 Å². The smallest absolute Gasteiger partial charge is 0.336 e. The summed E-state index contributed by atoms with van der Waals surface area (Å²) in [5.74, 6) is 1.83. The molecule has 2 aliphatic rings. The van der Waals surface area contributed by atoms with Crippen LogP contribution in [0.25, 0.3) is 11.0 Å². The van der Waals surface area contributed by atoms with E-state index in [0.717, 1.165) is 24.6 Å². The predicted molar refractivity (Wildman–Crippen MR) is 105 cm³/mol. The molecule has 4 nitrogen and oxygen atoms in total. The molecule has 27 heavy (non-hydrogen) atoms. The molecule has 4 heteroatoms. The SMILES string of the molecule is C=C1CC[C@@H]2[C@@H](C)C(=O)CC[C@]2(C)[C@H]1COc1ccc2ccc(=O)oc2c1. The van der Waals surface area contributed by atoms with Gasteiger partial charge in [-0.25, -0.2) is 4.79 Å². The molecule has 0 saturated heterocycles. The number of rotatable bonds is 3. The van der Waals surface area contributed by atoms with E-state index in [1.165, 1.54) is 11.6 Å². The summed E-state index contributed by atoms with van der Waals surface area (Å²) in [6.07, 6.45) is 3.55. The third-order valence-corrected chi connectivity index (χ3v) is 6.95. The molecule has 1 aromatic heterocycles. The highest BCUT2D eigenvalue weighted by molar-refractivity contribution is 5.82.